The molecule has 0 unspecified atom stereocenters. The summed E-state index contributed by atoms with van der Waals surface area (Å²) in [5, 5.41) is 0. The molecular formula is C13H25F3O5SSi. The zero-order chi connectivity index (χ0) is 17.7. The molecule has 0 bridgehead atoms. The lowest BCUT2D eigenvalue weighted by Crippen LogP contribution is -2.48. The van der Waals surface area contributed by atoms with Crippen molar-refractivity contribution < 1.29 is 34.9 Å². The third-order valence-corrected chi connectivity index (χ3v) is 10.1. The van der Waals surface area contributed by atoms with Crippen LogP contribution in [0.25, 0.3) is 0 Å². The van der Waals surface area contributed by atoms with Gasteiger partial charge >= 0.3 is 15.6 Å². The summed E-state index contributed by atoms with van der Waals surface area (Å²) in [5.74, 6) is 0. The SMILES string of the molecule is CC[Si](CC)(CC)O[C@@H]1CCCO[C@H]1COS(=O)(=O)C(F)(F)F. The predicted octanol–water partition coefficient (Wildman–Crippen LogP) is 3.42. The summed E-state index contributed by atoms with van der Waals surface area (Å²) in [6, 6.07) is 2.68. The Balaban J connectivity index is 2.76. The molecule has 23 heavy (non-hydrogen) atoms. The minimum absolute atomic E-state index is 0.360. The number of rotatable bonds is 8. The van der Waals surface area contributed by atoms with Crippen LogP contribution in [-0.4, -0.2) is 47.7 Å². The first kappa shape index (κ1) is 20.9. The second-order valence-corrected chi connectivity index (χ2v) is 12.0. The van der Waals surface area contributed by atoms with Crippen LogP contribution in [0.5, 0.6) is 0 Å². The Morgan fingerprint density at radius 3 is 2.22 bits per heavy atom. The monoisotopic (exact) mass is 378 g/mol. The van der Waals surface area contributed by atoms with Gasteiger partial charge in [0.25, 0.3) is 0 Å². The van der Waals surface area contributed by atoms with Crippen LogP contribution in [0.3, 0.4) is 0 Å². The summed E-state index contributed by atoms with van der Waals surface area (Å²) < 4.78 is 74.9. The van der Waals surface area contributed by atoms with Gasteiger partial charge in [0, 0.05) is 6.61 Å². The maximum atomic E-state index is 12.3. The van der Waals surface area contributed by atoms with Crippen LogP contribution in [0.1, 0.15) is 33.6 Å². The molecule has 1 saturated heterocycles. The average molecular weight is 378 g/mol. The third kappa shape index (κ3) is 5.41. The first-order valence-electron chi connectivity index (χ1n) is 7.86. The molecule has 10 heteroatoms. The molecule has 1 heterocycles. The van der Waals surface area contributed by atoms with Crippen molar-refractivity contribution in [3.8, 4) is 0 Å². The van der Waals surface area contributed by atoms with Crippen LogP contribution >= 0.6 is 0 Å². The lowest BCUT2D eigenvalue weighted by Gasteiger charge is -2.39. The van der Waals surface area contributed by atoms with E-state index in [1.165, 1.54) is 0 Å². The van der Waals surface area contributed by atoms with Gasteiger partial charge in [0.1, 0.15) is 6.10 Å². The molecule has 138 valence electrons. The van der Waals surface area contributed by atoms with Crippen molar-refractivity contribution in [2.24, 2.45) is 0 Å². The van der Waals surface area contributed by atoms with Gasteiger partial charge in [-0.05, 0) is 31.0 Å². The van der Waals surface area contributed by atoms with Gasteiger partial charge in [0.2, 0.25) is 0 Å². The van der Waals surface area contributed by atoms with Crippen molar-refractivity contribution in [1.82, 2.24) is 0 Å². The normalized spacial score (nSPS) is 23.9. The molecule has 0 radical (unpaired) electrons. The molecule has 5 nitrogen and oxygen atoms in total. The molecule has 0 aromatic heterocycles. The second-order valence-electron chi connectivity index (χ2n) is 5.64. The largest absolute Gasteiger partial charge is 0.523 e. The summed E-state index contributed by atoms with van der Waals surface area (Å²) in [4.78, 5) is 0. The molecule has 2 atom stereocenters. The Labute approximate surface area is 136 Å². The van der Waals surface area contributed by atoms with Gasteiger partial charge in [-0.1, -0.05) is 20.8 Å². The van der Waals surface area contributed by atoms with Gasteiger partial charge in [-0.2, -0.15) is 21.6 Å². The van der Waals surface area contributed by atoms with E-state index in [1.807, 2.05) is 20.8 Å². The van der Waals surface area contributed by atoms with Crippen LogP contribution in [0.2, 0.25) is 18.1 Å². The van der Waals surface area contributed by atoms with Gasteiger partial charge in [-0.15, -0.1) is 0 Å². The van der Waals surface area contributed by atoms with Crippen LogP contribution in [0.15, 0.2) is 0 Å². The van der Waals surface area contributed by atoms with E-state index in [4.69, 9.17) is 9.16 Å². The van der Waals surface area contributed by atoms with Gasteiger partial charge in [-0.25, -0.2) is 0 Å². The standard InChI is InChI=1S/C13H25F3O5SSi/c1-4-23(5-2,6-3)21-11-8-7-9-19-12(11)10-20-22(17,18)13(14,15)16/h11-12H,4-10H2,1-3H3/t11-,12+/m1/s1. The van der Waals surface area contributed by atoms with Crippen LogP contribution < -0.4 is 0 Å². The summed E-state index contributed by atoms with van der Waals surface area (Å²) in [6.07, 6.45) is 0.153. The topological polar surface area (TPSA) is 61.8 Å². The second kappa shape index (κ2) is 8.28. The molecule has 0 aromatic carbocycles. The molecule has 1 aliphatic heterocycles. The maximum absolute atomic E-state index is 12.3. The van der Waals surface area contributed by atoms with Crippen molar-refractivity contribution >= 4 is 18.4 Å². The fourth-order valence-electron chi connectivity index (χ4n) is 2.65. The highest BCUT2D eigenvalue weighted by molar-refractivity contribution is 7.87. The molecule has 0 N–H and O–H groups in total. The number of halogens is 3. The maximum Gasteiger partial charge on any atom is 0.523 e. The summed E-state index contributed by atoms with van der Waals surface area (Å²) in [7, 11) is -7.57. The number of alkyl halides is 3. The average Bonchev–Trinajstić information content (AvgIpc) is 2.51. The van der Waals surface area contributed by atoms with E-state index in [-0.39, 0.29) is 0 Å². The summed E-state index contributed by atoms with van der Waals surface area (Å²) >= 11 is 0. The smallest absolute Gasteiger partial charge is 0.411 e. The molecule has 0 spiro atoms. The van der Waals surface area contributed by atoms with E-state index in [2.05, 4.69) is 4.18 Å². The first-order valence-corrected chi connectivity index (χ1v) is 11.8. The summed E-state index contributed by atoms with van der Waals surface area (Å²) in [6.45, 7) is 5.82. The first-order chi connectivity index (χ1) is 10.6. The molecule has 0 aliphatic carbocycles. The van der Waals surface area contributed by atoms with Gasteiger partial charge in [0.05, 0.1) is 12.7 Å². The van der Waals surface area contributed by atoms with E-state index in [0.717, 1.165) is 24.6 Å². The van der Waals surface area contributed by atoms with E-state index < -0.39 is 42.8 Å². The molecule has 0 saturated carbocycles. The van der Waals surface area contributed by atoms with Crippen molar-refractivity contribution in [3.05, 3.63) is 0 Å². The summed E-state index contributed by atoms with van der Waals surface area (Å²) in [5.41, 5.74) is -5.42. The fraction of sp³-hybridized carbons (Fsp3) is 1.00. The minimum atomic E-state index is -5.61. The highest BCUT2D eigenvalue weighted by atomic mass is 32.2. The van der Waals surface area contributed by atoms with E-state index >= 15 is 0 Å². The fourth-order valence-corrected chi connectivity index (χ4v) is 6.01. The molecule has 1 rings (SSSR count). The Morgan fingerprint density at radius 2 is 1.74 bits per heavy atom. The minimum Gasteiger partial charge on any atom is -0.411 e. The highest BCUT2D eigenvalue weighted by Crippen LogP contribution is 2.30. The number of hydrogen-bond acceptors (Lipinski definition) is 5. The Hall–Kier alpha value is -0.163. The Bertz CT molecular complexity index is 456. The van der Waals surface area contributed by atoms with Gasteiger partial charge in [-0.3, -0.25) is 4.18 Å². The van der Waals surface area contributed by atoms with Crippen LogP contribution in [0, 0.1) is 0 Å². The Kier molecular flexibility index (Phi) is 7.52. The highest BCUT2D eigenvalue weighted by Gasteiger charge is 2.48. The molecular weight excluding hydrogens is 353 g/mol. The van der Waals surface area contributed by atoms with Crippen molar-refractivity contribution in [3.63, 3.8) is 0 Å². The van der Waals surface area contributed by atoms with Gasteiger partial charge < -0.3 is 9.16 Å². The van der Waals surface area contributed by atoms with Crippen molar-refractivity contribution in [2.45, 2.75) is 69.5 Å². The predicted molar refractivity (Wildman–Crippen MR) is 82.0 cm³/mol. The zero-order valence-electron chi connectivity index (χ0n) is 13.7. The Morgan fingerprint density at radius 1 is 1.17 bits per heavy atom. The number of ether oxygens (including phenoxy) is 1. The quantitative estimate of drug-likeness (QED) is 0.368. The molecule has 1 fully saturated rings. The molecule has 0 amide bonds. The lowest BCUT2D eigenvalue weighted by molar-refractivity contribution is -0.0916. The van der Waals surface area contributed by atoms with Crippen LogP contribution in [0.4, 0.5) is 13.2 Å². The van der Waals surface area contributed by atoms with Crippen LogP contribution in [-0.2, 0) is 23.5 Å². The number of hydrogen-bond donors (Lipinski definition) is 0. The van der Waals surface area contributed by atoms with E-state index in [9.17, 15) is 21.6 Å². The van der Waals surface area contributed by atoms with E-state index in [1.54, 1.807) is 0 Å². The lowest BCUT2D eigenvalue weighted by atomic mass is 10.1. The van der Waals surface area contributed by atoms with Crippen molar-refractivity contribution in [2.75, 3.05) is 13.2 Å². The van der Waals surface area contributed by atoms with Gasteiger partial charge in [0.15, 0.2) is 8.32 Å². The van der Waals surface area contributed by atoms with Crippen molar-refractivity contribution in [1.29, 1.82) is 0 Å². The third-order valence-electron chi connectivity index (χ3n) is 4.38. The van der Waals surface area contributed by atoms with E-state index in [0.29, 0.717) is 13.0 Å². The zero-order valence-corrected chi connectivity index (χ0v) is 15.5. The molecule has 0 aromatic rings. The molecule has 1 aliphatic rings.